The third kappa shape index (κ3) is 3.20. The van der Waals surface area contributed by atoms with Gasteiger partial charge in [-0.2, -0.15) is 4.80 Å². The Morgan fingerprint density at radius 3 is 2.91 bits per heavy atom. The minimum absolute atomic E-state index is 0.0135. The van der Waals surface area contributed by atoms with Crippen LogP contribution in [0.4, 0.5) is 0 Å². The minimum Gasteiger partial charge on any atom is -0.467 e. The molecule has 3 rings (SSSR count). The van der Waals surface area contributed by atoms with Crippen LogP contribution in [0, 0.1) is 6.92 Å². The maximum atomic E-state index is 11.8. The lowest BCUT2D eigenvalue weighted by Crippen LogP contribution is -2.27. The van der Waals surface area contributed by atoms with Gasteiger partial charge in [0, 0.05) is 5.56 Å². The second-order valence-corrected chi connectivity index (χ2v) is 4.81. The van der Waals surface area contributed by atoms with Crippen LogP contribution in [0.3, 0.4) is 0 Å². The number of furan rings is 1. The van der Waals surface area contributed by atoms with E-state index in [0.717, 1.165) is 11.1 Å². The highest BCUT2D eigenvalue weighted by Gasteiger charge is 2.10. The predicted molar refractivity (Wildman–Crippen MR) is 78.5 cm³/mol. The first-order valence-electron chi connectivity index (χ1n) is 6.85. The molecule has 0 bridgehead atoms. The zero-order valence-corrected chi connectivity index (χ0v) is 12.1. The molecule has 7 nitrogen and oxygen atoms in total. The Balaban J connectivity index is 1.62. The molecule has 112 valence electrons. The molecule has 0 aliphatic carbocycles. The molecule has 0 saturated heterocycles. The van der Waals surface area contributed by atoms with Crippen LogP contribution in [0.5, 0.6) is 0 Å². The molecule has 0 atom stereocenters. The number of aryl methyl sites for hydroxylation is 1. The summed E-state index contributed by atoms with van der Waals surface area (Å²) in [4.78, 5) is 13.1. The van der Waals surface area contributed by atoms with Gasteiger partial charge in [0.1, 0.15) is 12.3 Å². The standard InChI is InChI=1S/C15H15N5O2/c1-11-5-2-3-7-13(11)15-17-19-20(18-15)10-14(21)16-9-12-6-4-8-22-12/h2-8H,9-10H2,1H3,(H,16,21). The van der Waals surface area contributed by atoms with Gasteiger partial charge < -0.3 is 9.73 Å². The van der Waals surface area contributed by atoms with Gasteiger partial charge in [-0.3, -0.25) is 4.79 Å². The quantitative estimate of drug-likeness (QED) is 0.772. The summed E-state index contributed by atoms with van der Waals surface area (Å²) in [6.07, 6.45) is 1.56. The van der Waals surface area contributed by atoms with Crippen LogP contribution in [-0.2, 0) is 17.9 Å². The summed E-state index contributed by atoms with van der Waals surface area (Å²) in [7, 11) is 0. The molecule has 1 amide bonds. The molecule has 0 unspecified atom stereocenters. The molecule has 3 aromatic rings. The summed E-state index contributed by atoms with van der Waals surface area (Å²) in [6.45, 7) is 2.33. The molecule has 1 aromatic carbocycles. The average Bonchev–Trinajstić information content (AvgIpc) is 3.17. The molecule has 1 N–H and O–H groups in total. The van der Waals surface area contributed by atoms with E-state index in [0.29, 0.717) is 18.1 Å². The summed E-state index contributed by atoms with van der Waals surface area (Å²) in [6, 6.07) is 11.3. The Hall–Kier alpha value is -2.96. The number of carbonyl (C=O) groups is 1. The van der Waals surface area contributed by atoms with Gasteiger partial charge >= 0.3 is 0 Å². The van der Waals surface area contributed by atoms with E-state index in [4.69, 9.17) is 4.42 Å². The minimum atomic E-state index is -0.204. The summed E-state index contributed by atoms with van der Waals surface area (Å²) >= 11 is 0. The van der Waals surface area contributed by atoms with Gasteiger partial charge in [-0.1, -0.05) is 24.3 Å². The zero-order valence-electron chi connectivity index (χ0n) is 12.1. The van der Waals surface area contributed by atoms with Crippen molar-refractivity contribution in [1.29, 1.82) is 0 Å². The molecular weight excluding hydrogens is 282 g/mol. The van der Waals surface area contributed by atoms with Gasteiger partial charge in [-0.25, -0.2) is 0 Å². The zero-order chi connectivity index (χ0) is 15.4. The number of carbonyl (C=O) groups excluding carboxylic acids is 1. The van der Waals surface area contributed by atoms with Crippen LogP contribution in [-0.4, -0.2) is 26.1 Å². The van der Waals surface area contributed by atoms with Crippen LogP contribution < -0.4 is 5.32 Å². The summed E-state index contributed by atoms with van der Waals surface area (Å²) in [5.41, 5.74) is 1.97. The molecule has 0 aliphatic rings. The Bertz CT molecular complexity index is 764. The lowest BCUT2D eigenvalue weighted by Gasteiger charge is -2.02. The summed E-state index contributed by atoms with van der Waals surface area (Å²) in [5.74, 6) is 1.00. The number of nitrogens with one attached hydrogen (secondary N) is 1. The van der Waals surface area contributed by atoms with Crippen molar-refractivity contribution in [1.82, 2.24) is 25.5 Å². The fourth-order valence-corrected chi connectivity index (χ4v) is 2.03. The van der Waals surface area contributed by atoms with Crippen LogP contribution in [0.1, 0.15) is 11.3 Å². The third-order valence-electron chi connectivity index (χ3n) is 3.16. The summed E-state index contributed by atoms with van der Waals surface area (Å²) < 4.78 is 5.14. The van der Waals surface area contributed by atoms with E-state index in [2.05, 4.69) is 20.7 Å². The largest absolute Gasteiger partial charge is 0.467 e. The second kappa shape index (κ2) is 6.21. The highest BCUT2D eigenvalue weighted by Crippen LogP contribution is 2.17. The van der Waals surface area contributed by atoms with Gasteiger partial charge in [0.05, 0.1) is 12.8 Å². The molecule has 0 aliphatic heterocycles. The van der Waals surface area contributed by atoms with E-state index in [9.17, 15) is 4.79 Å². The normalized spacial score (nSPS) is 10.6. The number of benzene rings is 1. The highest BCUT2D eigenvalue weighted by atomic mass is 16.3. The van der Waals surface area contributed by atoms with Gasteiger partial charge in [0.25, 0.3) is 0 Å². The lowest BCUT2D eigenvalue weighted by atomic mass is 10.1. The SMILES string of the molecule is Cc1ccccc1-c1nnn(CC(=O)NCc2ccco2)n1. The van der Waals surface area contributed by atoms with Crippen LogP contribution >= 0.6 is 0 Å². The highest BCUT2D eigenvalue weighted by molar-refractivity contribution is 5.75. The number of amides is 1. The molecule has 0 fully saturated rings. The maximum Gasteiger partial charge on any atom is 0.244 e. The maximum absolute atomic E-state index is 11.8. The van der Waals surface area contributed by atoms with Crippen LogP contribution in [0.2, 0.25) is 0 Å². The van der Waals surface area contributed by atoms with E-state index >= 15 is 0 Å². The van der Waals surface area contributed by atoms with Crippen molar-refractivity contribution in [2.45, 2.75) is 20.0 Å². The number of hydrogen-bond donors (Lipinski definition) is 1. The Kier molecular flexibility index (Phi) is 3.95. The Labute approximate surface area is 126 Å². The van der Waals surface area contributed by atoms with Crippen molar-refractivity contribution in [3.8, 4) is 11.4 Å². The second-order valence-electron chi connectivity index (χ2n) is 4.81. The van der Waals surface area contributed by atoms with Gasteiger partial charge in [-0.05, 0) is 29.8 Å². The number of nitrogens with zero attached hydrogens (tertiary/aromatic N) is 4. The van der Waals surface area contributed by atoms with Crippen molar-refractivity contribution in [2.24, 2.45) is 0 Å². The van der Waals surface area contributed by atoms with E-state index in [1.54, 1.807) is 18.4 Å². The molecular formula is C15H15N5O2. The van der Waals surface area contributed by atoms with E-state index in [1.807, 2.05) is 31.2 Å². The average molecular weight is 297 g/mol. The molecule has 2 heterocycles. The fraction of sp³-hybridized carbons (Fsp3) is 0.200. The summed E-state index contributed by atoms with van der Waals surface area (Å²) in [5, 5.41) is 14.9. The van der Waals surface area contributed by atoms with E-state index in [1.165, 1.54) is 4.80 Å². The van der Waals surface area contributed by atoms with Crippen molar-refractivity contribution in [3.63, 3.8) is 0 Å². The van der Waals surface area contributed by atoms with Crippen molar-refractivity contribution in [2.75, 3.05) is 0 Å². The molecule has 0 saturated carbocycles. The van der Waals surface area contributed by atoms with Gasteiger partial charge in [0.2, 0.25) is 11.7 Å². The van der Waals surface area contributed by atoms with E-state index in [-0.39, 0.29) is 12.5 Å². The lowest BCUT2D eigenvalue weighted by molar-refractivity contribution is -0.122. The number of aromatic nitrogens is 4. The van der Waals surface area contributed by atoms with Crippen LogP contribution in [0.15, 0.2) is 47.1 Å². The van der Waals surface area contributed by atoms with Gasteiger partial charge in [-0.15, -0.1) is 10.2 Å². The molecule has 22 heavy (non-hydrogen) atoms. The molecule has 2 aromatic heterocycles. The first kappa shape index (κ1) is 14.0. The van der Waals surface area contributed by atoms with Crippen molar-refractivity contribution in [3.05, 3.63) is 54.0 Å². The van der Waals surface area contributed by atoms with Gasteiger partial charge in [0.15, 0.2) is 0 Å². The van der Waals surface area contributed by atoms with Crippen LogP contribution in [0.25, 0.3) is 11.4 Å². The van der Waals surface area contributed by atoms with E-state index < -0.39 is 0 Å². The molecule has 0 radical (unpaired) electrons. The van der Waals surface area contributed by atoms with Crippen molar-refractivity contribution >= 4 is 5.91 Å². The fourth-order valence-electron chi connectivity index (χ4n) is 2.03. The Morgan fingerprint density at radius 2 is 2.14 bits per heavy atom. The number of rotatable bonds is 5. The molecule has 7 heteroatoms. The number of hydrogen-bond acceptors (Lipinski definition) is 5. The Morgan fingerprint density at radius 1 is 1.27 bits per heavy atom. The van der Waals surface area contributed by atoms with Crippen molar-refractivity contribution < 1.29 is 9.21 Å². The monoisotopic (exact) mass is 297 g/mol. The smallest absolute Gasteiger partial charge is 0.244 e. The predicted octanol–water partition coefficient (Wildman–Crippen LogP) is 1.56. The topological polar surface area (TPSA) is 85.8 Å². The first-order chi connectivity index (χ1) is 10.7. The number of tetrazole rings is 1. The first-order valence-corrected chi connectivity index (χ1v) is 6.85. The third-order valence-corrected chi connectivity index (χ3v) is 3.16. The molecule has 0 spiro atoms.